The molecule has 0 atom stereocenters. The summed E-state index contributed by atoms with van der Waals surface area (Å²) in [5.74, 6) is -0.296. The molecule has 2 aromatic carbocycles. The number of carbonyl (C=O) groups excluding carboxylic acids is 1. The number of fused-ring (bicyclic) bond motifs is 1. The zero-order valence-corrected chi connectivity index (χ0v) is 18.3. The van der Waals surface area contributed by atoms with Crippen LogP contribution in [0.15, 0.2) is 57.5 Å². The summed E-state index contributed by atoms with van der Waals surface area (Å²) in [6.45, 7) is 2.61. The van der Waals surface area contributed by atoms with E-state index in [-0.39, 0.29) is 5.97 Å². The maximum absolute atomic E-state index is 12.8. The molecule has 0 amide bonds. The molecule has 3 nitrogen and oxygen atoms in total. The summed E-state index contributed by atoms with van der Waals surface area (Å²) in [6, 6.07) is 15.5. The molecular formula is C22H21Br2NO2. The average molecular weight is 491 g/mol. The summed E-state index contributed by atoms with van der Waals surface area (Å²) in [6.07, 6.45) is 4.30. The van der Waals surface area contributed by atoms with E-state index in [1.807, 2.05) is 48.5 Å². The third kappa shape index (κ3) is 5.17. The predicted octanol–water partition coefficient (Wildman–Crippen LogP) is 7.16. The molecule has 3 aromatic rings. The van der Waals surface area contributed by atoms with E-state index in [0.717, 1.165) is 56.8 Å². The van der Waals surface area contributed by atoms with Crippen molar-refractivity contribution in [2.75, 3.05) is 6.61 Å². The highest BCUT2D eigenvalue weighted by Gasteiger charge is 2.15. The maximum Gasteiger partial charge on any atom is 0.338 e. The number of hydrogen-bond acceptors (Lipinski definition) is 3. The molecule has 1 aromatic heterocycles. The molecule has 5 heteroatoms. The van der Waals surface area contributed by atoms with Gasteiger partial charge in [0.1, 0.15) is 0 Å². The Bertz CT molecular complexity index is 939. The highest BCUT2D eigenvalue weighted by Crippen LogP contribution is 2.28. The summed E-state index contributed by atoms with van der Waals surface area (Å²) in [5.41, 5.74) is 3.04. The van der Waals surface area contributed by atoms with Crippen molar-refractivity contribution in [1.82, 2.24) is 4.98 Å². The molecule has 0 aliphatic rings. The summed E-state index contributed by atoms with van der Waals surface area (Å²) in [4.78, 5) is 17.5. The van der Waals surface area contributed by atoms with E-state index < -0.39 is 0 Å². The van der Waals surface area contributed by atoms with Gasteiger partial charge in [-0.1, -0.05) is 70.2 Å². The predicted molar refractivity (Wildman–Crippen MR) is 117 cm³/mol. The Labute approximate surface area is 176 Å². The van der Waals surface area contributed by atoms with Crippen molar-refractivity contribution < 1.29 is 9.53 Å². The van der Waals surface area contributed by atoms with Crippen LogP contribution in [0.1, 0.15) is 43.0 Å². The fraction of sp³-hybridized carbons (Fsp3) is 0.273. The lowest BCUT2D eigenvalue weighted by Crippen LogP contribution is -2.08. The lowest BCUT2D eigenvalue weighted by molar-refractivity contribution is 0.0500. The van der Waals surface area contributed by atoms with Crippen LogP contribution in [-0.2, 0) is 4.74 Å². The fourth-order valence-electron chi connectivity index (χ4n) is 2.91. The van der Waals surface area contributed by atoms with E-state index >= 15 is 0 Å². The van der Waals surface area contributed by atoms with Crippen molar-refractivity contribution in [3.63, 3.8) is 0 Å². The number of carbonyl (C=O) groups is 1. The van der Waals surface area contributed by atoms with Gasteiger partial charge in [0.15, 0.2) is 0 Å². The van der Waals surface area contributed by atoms with Crippen LogP contribution < -0.4 is 0 Å². The van der Waals surface area contributed by atoms with Crippen molar-refractivity contribution in [3.8, 4) is 11.3 Å². The molecule has 3 rings (SSSR count). The third-order valence-electron chi connectivity index (χ3n) is 4.36. The number of halogens is 2. The van der Waals surface area contributed by atoms with Gasteiger partial charge in [-0.05, 0) is 42.8 Å². The van der Waals surface area contributed by atoms with Crippen LogP contribution in [0.4, 0.5) is 0 Å². The first-order chi connectivity index (χ1) is 13.1. The van der Waals surface area contributed by atoms with Crippen LogP contribution in [0.5, 0.6) is 0 Å². The first-order valence-corrected chi connectivity index (χ1v) is 10.7. The number of benzene rings is 2. The van der Waals surface area contributed by atoms with Crippen LogP contribution in [0, 0.1) is 0 Å². The molecule has 27 heavy (non-hydrogen) atoms. The van der Waals surface area contributed by atoms with Gasteiger partial charge < -0.3 is 4.74 Å². The Hall–Kier alpha value is -1.72. The van der Waals surface area contributed by atoms with E-state index in [4.69, 9.17) is 9.72 Å². The van der Waals surface area contributed by atoms with Gasteiger partial charge in [-0.2, -0.15) is 0 Å². The maximum atomic E-state index is 12.8. The van der Waals surface area contributed by atoms with Crippen molar-refractivity contribution in [2.24, 2.45) is 0 Å². The number of unbranched alkanes of at least 4 members (excludes halogenated alkanes) is 3. The number of ether oxygens (including phenoxy) is 1. The molecule has 0 aliphatic carbocycles. The van der Waals surface area contributed by atoms with Crippen molar-refractivity contribution in [2.45, 2.75) is 32.6 Å². The minimum absolute atomic E-state index is 0.296. The summed E-state index contributed by atoms with van der Waals surface area (Å²) in [7, 11) is 0. The summed E-state index contributed by atoms with van der Waals surface area (Å²) < 4.78 is 7.45. The average Bonchev–Trinajstić information content (AvgIpc) is 2.67. The van der Waals surface area contributed by atoms with Crippen LogP contribution in [0.25, 0.3) is 22.2 Å². The minimum atomic E-state index is -0.296. The molecule has 0 saturated carbocycles. The van der Waals surface area contributed by atoms with Gasteiger partial charge in [-0.3, -0.25) is 0 Å². The second kappa shape index (κ2) is 9.47. The first-order valence-electron chi connectivity index (χ1n) is 9.12. The Morgan fingerprint density at radius 1 is 0.963 bits per heavy atom. The monoisotopic (exact) mass is 489 g/mol. The molecule has 0 N–H and O–H groups in total. The molecule has 1 heterocycles. The molecule has 0 aliphatic heterocycles. The fourth-order valence-corrected chi connectivity index (χ4v) is 3.53. The Kier molecular flexibility index (Phi) is 7.02. The number of esters is 1. The summed E-state index contributed by atoms with van der Waals surface area (Å²) >= 11 is 6.93. The van der Waals surface area contributed by atoms with E-state index in [9.17, 15) is 4.79 Å². The number of hydrogen-bond donors (Lipinski definition) is 0. The van der Waals surface area contributed by atoms with Gasteiger partial charge in [0.2, 0.25) is 0 Å². The quantitative estimate of drug-likeness (QED) is 0.260. The van der Waals surface area contributed by atoms with Crippen molar-refractivity contribution >= 4 is 48.7 Å². The second-order valence-electron chi connectivity index (χ2n) is 6.42. The number of pyridine rings is 1. The Balaban J connectivity index is 1.94. The molecule has 140 valence electrons. The van der Waals surface area contributed by atoms with E-state index in [2.05, 4.69) is 38.8 Å². The largest absolute Gasteiger partial charge is 0.462 e. The number of aromatic nitrogens is 1. The van der Waals surface area contributed by atoms with Gasteiger partial charge >= 0.3 is 5.97 Å². The molecule has 0 radical (unpaired) electrons. The van der Waals surface area contributed by atoms with Crippen LogP contribution >= 0.6 is 31.9 Å². The zero-order chi connectivity index (χ0) is 19.2. The van der Waals surface area contributed by atoms with E-state index in [1.54, 1.807) is 0 Å². The number of nitrogens with zero attached hydrogens (tertiary/aromatic N) is 1. The SMILES string of the molecule is CCCCCCOC(=O)c1cc(-c2ccc(Br)cc2)nc2ccc(Br)cc12. The lowest BCUT2D eigenvalue weighted by atomic mass is 10.0. The van der Waals surface area contributed by atoms with Crippen molar-refractivity contribution in [1.29, 1.82) is 0 Å². The van der Waals surface area contributed by atoms with E-state index in [1.165, 1.54) is 0 Å². The van der Waals surface area contributed by atoms with Crippen LogP contribution in [-0.4, -0.2) is 17.6 Å². The molecule has 0 bridgehead atoms. The van der Waals surface area contributed by atoms with E-state index in [0.29, 0.717) is 12.2 Å². The van der Waals surface area contributed by atoms with Gasteiger partial charge in [0.25, 0.3) is 0 Å². The normalized spacial score (nSPS) is 10.9. The second-order valence-corrected chi connectivity index (χ2v) is 8.25. The highest BCUT2D eigenvalue weighted by atomic mass is 79.9. The van der Waals surface area contributed by atoms with Gasteiger partial charge in [-0.25, -0.2) is 9.78 Å². The zero-order valence-electron chi connectivity index (χ0n) is 15.2. The number of rotatable bonds is 7. The molecule has 0 unspecified atom stereocenters. The van der Waals surface area contributed by atoms with Gasteiger partial charge in [0, 0.05) is 19.9 Å². The van der Waals surface area contributed by atoms with Crippen molar-refractivity contribution in [3.05, 3.63) is 63.0 Å². The van der Waals surface area contributed by atoms with Crippen LogP contribution in [0.3, 0.4) is 0 Å². The Morgan fingerprint density at radius 3 is 2.44 bits per heavy atom. The summed E-state index contributed by atoms with van der Waals surface area (Å²) in [5, 5.41) is 0.795. The molecule has 0 fully saturated rings. The molecule has 0 spiro atoms. The van der Waals surface area contributed by atoms with Crippen LogP contribution in [0.2, 0.25) is 0 Å². The molecular weight excluding hydrogens is 470 g/mol. The standard InChI is InChI=1S/C22H21Br2NO2/c1-2-3-4-5-12-27-22(26)19-14-21(15-6-8-16(23)9-7-15)25-20-11-10-17(24)13-18(19)20/h6-11,13-14H,2-5,12H2,1H3. The topological polar surface area (TPSA) is 39.2 Å². The highest BCUT2D eigenvalue weighted by molar-refractivity contribution is 9.10. The minimum Gasteiger partial charge on any atom is -0.462 e. The Morgan fingerprint density at radius 2 is 1.70 bits per heavy atom. The smallest absolute Gasteiger partial charge is 0.338 e. The lowest BCUT2D eigenvalue weighted by Gasteiger charge is -2.11. The van der Waals surface area contributed by atoms with Gasteiger partial charge in [0.05, 0.1) is 23.4 Å². The third-order valence-corrected chi connectivity index (χ3v) is 5.38. The first kappa shape index (κ1) is 20.0. The van der Waals surface area contributed by atoms with Gasteiger partial charge in [-0.15, -0.1) is 0 Å². The molecule has 0 saturated heterocycles.